The van der Waals surface area contributed by atoms with Crippen molar-refractivity contribution in [3.05, 3.63) is 23.8 Å². The summed E-state index contributed by atoms with van der Waals surface area (Å²) in [5.41, 5.74) is 0.353. The zero-order valence-corrected chi connectivity index (χ0v) is 10.8. The Kier molecular flexibility index (Phi) is 4.74. The van der Waals surface area contributed by atoms with E-state index in [9.17, 15) is 13.2 Å². The van der Waals surface area contributed by atoms with Gasteiger partial charge in [-0.15, -0.1) is 0 Å². The molecule has 94 valence electrons. The molecule has 0 amide bonds. The van der Waals surface area contributed by atoms with Gasteiger partial charge in [0.2, 0.25) is 0 Å². The van der Waals surface area contributed by atoms with Gasteiger partial charge in [-0.1, -0.05) is 6.92 Å². The lowest BCUT2D eigenvalue weighted by molar-refractivity contribution is 0.0977. The fraction of sp³-hybridized carbons (Fsp3) is 0.545. The molecule has 0 saturated carbocycles. The van der Waals surface area contributed by atoms with Crippen LogP contribution in [-0.4, -0.2) is 35.7 Å². The van der Waals surface area contributed by atoms with Crippen LogP contribution >= 0.6 is 0 Å². The quantitative estimate of drug-likeness (QED) is 0.714. The molecule has 0 N–H and O–H groups in total. The highest BCUT2D eigenvalue weighted by Gasteiger charge is 2.11. The lowest BCUT2D eigenvalue weighted by Crippen LogP contribution is -2.11. The van der Waals surface area contributed by atoms with Crippen molar-refractivity contribution in [1.29, 1.82) is 0 Å². The first-order chi connectivity index (χ1) is 7.94. The summed E-state index contributed by atoms with van der Waals surface area (Å²) in [5.74, 6) is 0.575. The highest BCUT2D eigenvalue weighted by atomic mass is 32.2. The molecule has 5 nitrogen and oxygen atoms in total. The van der Waals surface area contributed by atoms with E-state index in [-0.39, 0.29) is 23.7 Å². The summed E-state index contributed by atoms with van der Waals surface area (Å²) in [6.07, 6.45) is 2.08. The van der Waals surface area contributed by atoms with Gasteiger partial charge in [-0.25, -0.2) is 18.4 Å². The number of aryl methyl sites for hydroxylation is 1. The number of Topliss-reactive ketones (excluding diaryl/α,β-unsaturated/α-hetero) is 1. The van der Waals surface area contributed by atoms with E-state index in [1.54, 1.807) is 19.9 Å². The Balaban J connectivity index is 2.51. The van der Waals surface area contributed by atoms with Gasteiger partial charge in [-0.3, -0.25) is 4.79 Å². The summed E-state index contributed by atoms with van der Waals surface area (Å²) < 4.78 is 22.5. The number of carbonyl (C=O) groups excluding carboxylic acids is 1. The van der Waals surface area contributed by atoms with Crippen LogP contribution in [-0.2, 0) is 9.84 Å². The smallest absolute Gasteiger partial charge is 0.181 e. The number of carbonyl (C=O) groups is 1. The van der Waals surface area contributed by atoms with E-state index in [0.29, 0.717) is 17.9 Å². The summed E-state index contributed by atoms with van der Waals surface area (Å²) in [7, 11) is -2.99. The molecule has 1 aromatic heterocycles. The van der Waals surface area contributed by atoms with Gasteiger partial charge in [-0.05, 0) is 19.4 Å². The van der Waals surface area contributed by atoms with E-state index in [4.69, 9.17) is 0 Å². The number of hydrogen-bond donors (Lipinski definition) is 0. The zero-order valence-electron chi connectivity index (χ0n) is 10.0. The van der Waals surface area contributed by atoms with Gasteiger partial charge in [0.1, 0.15) is 21.4 Å². The predicted molar refractivity (Wildman–Crippen MR) is 64.7 cm³/mol. The Hall–Kier alpha value is -1.30. The average molecular weight is 256 g/mol. The molecule has 0 spiro atoms. The summed E-state index contributed by atoms with van der Waals surface area (Å²) in [5, 5.41) is 0. The van der Waals surface area contributed by atoms with Crippen LogP contribution in [0, 0.1) is 6.92 Å². The third-order valence-electron chi connectivity index (χ3n) is 2.36. The monoisotopic (exact) mass is 256 g/mol. The van der Waals surface area contributed by atoms with Crippen LogP contribution in [0.4, 0.5) is 0 Å². The Morgan fingerprint density at radius 1 is 1.41 bits per heavy atom. The second kappa shape index (κ2) is 5.86. The van der Waals surface area contributed by atoms with Crippen molar-refractivity contribution in [2.75, 3.05) is 11.5 Å². The molecule has 0 aromatic carbocycles. The highest BCUT2D eigenvalue weighted by molar-refractivity contribution is 7.91. The van der Waals surface area contributed by atoms with Gasteiger partial charge in [0.05, 0.1) is 5.75 Å². The second-order valence-electron chi connectivity index (χ2n) is 3.75. The predicted octanol–water partition coefficient (Wildman–Crippen LogP) is 1.18. The van der Waals surface area contributed by atoms with Crippen molar-refractivity contribution in [2.24, 2.45) is 0 Å². The van der Waals surface area contributed by atoms with E-state index in [2.05, 4.69) is 9.97 Å². The molecule has 0 saturated heterocycles. The lowest BCUT2D eigenvalue weighted by atomic mass is 10.2. The summed E-state index contributed by atoms with van der Waals surface area (Å²) in [6, 6.07) is 1.55. The van der Waals surface area contributed by atoms with E-state index >= 15 is 0 Å². The van der Waals surface area contributed by atoms with Crippen molar-refractivity contribution in [3.8, 4) is 0 Å². The largest absolute Gasteiger partial charge is 0.292 e. The van der Waals surface area contributed by atoms with Gasteiger partial charge in [-0.2, -0.15) is 0 Å². The molecule has 1 aromatic rings. The third kappa shape index (κ3) is 4.60. The number of sulfone groups is 1. The van der Waals surface area contributed by atoms with Crippen LogP contribution in [0.2, 0.25) is 0 Å². The Morgan fingerprint density at radius 3 is 2.71 bits per heavy atom. The van der Waals surface area contributed by atoms with Crippen LogP contribution in [0.25, 0.3) is 0 Å². The van der Waals surface area contributed by atoms with E-state index in [1.165, 1.54) is 6.20 Å². The molecule has 1 heterocycles. The van der Waals surface area contributed by atoms with Crippen LogP contribution in [0.1, 0.15) is 36.1 Å². The van der Waals surface area contributed by atoms with E-state index < -0.39 is 9.84 Å². The maximum Gasteiger partial charge on any atom is 0.181 e. The van der Waals surface area contributed by atoms with Crippen molar-refractivity contribution in [2.45, 2.75) is 26.7 Å². The second-order valence-corrected chi connectivity index (χ2v) is 6.22. The van der Waals surface area contributed by atoms with Gasteiger partial charge in [0.25, 0.3) is 0 Å². The number of rotatable bonds is 6. The molecule has 0 aliphatic carbocycles. The standard InChI is InChI=1S/C11H16N2O3S/c1-3-17(15,16)8-4-5-11(14)10-6-7-12-9(2)13-10/h6-7H,3-5,8H2,1-2H3. The Bertz CT molecular complexity index is 497. The zero-order chi connectivity index (χ0) is 12.9. The Morgan fingerprint density at radius 2 is 2.12 bits per heavy atom. The molecule has 1 rings (SSSR count). The van der Waals surface area contributed by atoms with Gasteiger partial charge < -0.3 is 0 Å². The molecule has 6 heteroatoms. The minimum absolute atomic E-state index is 0.0549. The minimum atomic E-state index is -2.99. The number of nitrogens with zero attached hydrogens (tertiary/aromatic N) is 2. The fourth-order valence-electron chi connectivity index (χ4n) is 1.34. The molecule has 0 aliphatic heterocycles. The Labute approximate surface area is 101 Å². The first-order valence-electron chi connectivity index (χ1n) is 5.48. The van der Waals surface area contributed by atoms with Gasteiger partial charge in [0, 0.05) is 18.4 Å². The van der Waals surface area contributed by atoms with E-state index in [1.807, 2.05) is 0 Å². The molecule has 0 unspecified atom stereocenters. The average Bonchev–Trinajstić information content (AvgIpc) is 2.28. The molecule has 0 bridgehead atoms. The molecule has 0 fully saturated rings. The van der Waals surface area contributed by atoms with E-state index in [0.717, 1.165) is 0 Å². The van der Waals surface area contributed by atoms with Gasteiger partial charge in [0.15, 0.2) is 5.78 Å². The third-order valence-corrected chi connectivity index (χ3v) is 4.15. The number of hydrogen-bond acceptors (Lipinski definition) is 5. The molecule has 0 aliphatic rings. The number of ketones is 1. The maximum absolute atomic E-state index is 11.7. The van der Waals surface area contributed by atoms with Crippen LogP contribution in [0.15, 0.2) is 12.3 Å². The van der Waals surface area contributed by atoms with Crippen molar-refractivity contribution in [1.82, 2.24) is 9.97 Å². The van der Waals surface area contributed by atoms with Crippen LogP contribution in [0.5, 0.6) is 0 Å². The van der Waals surface area contributed by atoms with Crippen molar-refractivity contribution in [3.63, 3.8) is 0 Å². The summed E-state index contributed by atoms with van der Waals surface area (Å²) in [6.45, 7) is 3.31. The molecular formula is C11H16N2O3S. The number of aromatic nitrogens is 2. The first-order valence-corrected chi connectivity index (χ1v) is 7.30. The molecule has 17 heavy (non-hydrogen) atoms. The molecular weight excluding hydrogens is 240 g/mol. The van der Waals surface area contributed by atoms with Crippen molar-refractivity contribution >= 4 is 15.6 Å². The normalized spacial score (nSPS) is 11.4. The van der Waals surface area contributed by atoms with Crippen LogP contribution < -0.4 is 0 Å². The summed E-state index contributed by atoms with van der Waals surface area (Å²) >= 11 is 0. The summed E-state index contributed by atoms with van der Waals surface area (Å²) in [4.78, 5) is 19.6. The lowest BCUT2D eigenvalue weighted by Gasteiger charge is -2.01. The fourth-order valence-corrected chi connectivity index (χ4v) is 2.21. The highest BCUT2D eigenvalue weighted by Crippen LogP contribution is 2.04. The maximum atomic E-state index is 11.7. The van der Waals surface area contributed by atoms with Crippen LogP contribution in [0.3, 0.4) is 0 Å². The first kappa shape index (κ1) is 13.8. The molecule has 0 radical (unpaired) electrons. The topological polar surface area (TPSA) is 77.0 Å². The molecule has 0 atom stereocenters. The van der Waals surface area contributed by atoms with Crippen molar-refractivity contribution < 1.29 is 13.2 Å². The minimum Gasteiger partial charge on any atom is -0.292 e. The SMILES string of the molecule is CCS(=O)(=O)CCCC(=O)c1ccnc(C)n1. The van der Waals surface area contributed by atoms with Gasteiger partial charge >= 0.3 is 0 Å².